The summed E-state index contributed by atoms with van der Waals surface area (Å²) in [6, 6.07) is 4.74. The molecule has 88 valence electrons. The molecule has 0 aliphatic rings. The molecule has 0 spiro atoms. The molecular formula is C12H15BrFNO. The molecule has 1 rings (SSSR count). The molecule has 0 heterocycles. The molecule has 0 fully saturated rings. The molecule has 0 aliphatic carbocycles. The van der Waals surface area contributed by atoms with Gasteiger partial charge >= 0.3 is 0 Å². The highest BCUT2D eigenvalue weighted by Crippen LogP contribution is 2.21. The van der Waals surface area contributed by atoms with Crippen LogP contribution >= 0.6 is 15.9 Å². The first-order valence-corrected chi connectivity index (χ1v) is 5.86. The molecule has 0 amide bonds. The molecule has 0 saturated heterocycles. The fourth-order valence-corrected chi connectivity index (χ4v) is 1.46. The van der Waals surface area contributed by atoms with Crippen molar-refractivity contribution in [1.82, 2.24) is 5.32 Å². The van der Waals surface area contributed by atoms with Crippen molar-refractivity contribution in [2.75, 3.05) is 13.1 Å². The Hall–Kier alpha value is -0.870. The van der Waals surface area contributed by atoms with Gasteiger partial charge in [-0.1, -0.05) is 6.08 Å². The normalized spacial score (nSPS) is 12.2. The lowest BCUT2D eigenvalue weighted by Crippen LogP contribution is -2.28. The minimum Gasteiger partial charge on any atom is -0.489 e. The second kappa shape index (κ2) is 6.66. The molecule has 1 aromatic rings. The first kappa shape index (κ1) is 13.2. The lowest BCUT2D eigenvalue weighted by molar-refractivity contribution is 0.218. The van der Waals surface area contributed by atoms with Crippen LogP contribution in [0.3, 0.4) is 0 Å². The zero-order chi connectivity index (χ0) is 12.0. The minimum absolute atomic E-state index is 0.0134. The lowest BCUT2D eigenvalue weighted by Gasteiger charge is -2.15. The quantitative estimate of drug-likeness (QED) is 0.641. The highest BCUT2D eigenvalue weighted by Gasteiger charge is 2.05. The molecule has 2 nitrogen and oxygen atoms in total. The van der Waals surface area contributed by atoms with Gasteiger partial charge in [0.25, 0.3) is 0 Å². The fraction of sp³-hybridized carbons (Fsp3) is 0.333. The van der Waals surface area contributed by atoms with E-state index in [1.54, 1.807) is 18.2 Å². The van der Waals surface area contributed by atoms with E-state index in [1.165, 1.54) is 6.07 Å². The van der Waals surface area contributed by atoms with Gasteiger partial charge in [0, 0.05) is 19.2 Å². The summed E-state index contributed by atoms with van der Waals surface area (Å²) < 4.78 is 19.2. The topological polar surface area (TPSA) is 21.3 Å². The van der Waals surface area contributed by atoms with Crippen molar-refractivity contribution < 1.29 is 9.13 Å². The Balaban J connectivity index is 2.46. The number of benzene rings is 1. The summed E-state index contributed by atoms with van der Waals surface area (Å²) in [5, 5.41) is 3.14. The molecule has 1 atom stereocenters. The van der Waals surface area contributed by atoms with Crippen molar-refractivity contribution in [1.29, 1.82) is 0 Å². The van der Waals surface area contributed by atoms with E-state index in [0.29, 0.717) is 16.8 Å². The molecule has 1 aromatic carbocycles. The van der Waals surface area contributed by atoms with Crippen molar-refractivity contribution >= 4 is 15.9 Å². The van der Waals surface area contributed by atoms with Crippen LogP contribution in [0.5, 0.6) is 5.75 Å². The molecular weight excluding hydrogens is 273 g/mol. The maximum Gasteiger partial charge on any atom is 0.141 e. The Morgan fingerprint density at radius 3 is 3.00 bits per heavy atom. The Kier molecular flexibility index (Phi) is 5.49. The predicted octanol–water partition coefficient (Wildman–Crippen LogP) is 3.13. The van der Waals surface area contributed by atoms with E-state index in [1.807, 2.05) is 6.92 Å². The van der Waals surface area contributed by atoms with E-state index < -0.39 is 0 Å². The van der Waals surface area contributed by atoms with E-state index in [4.69, 9.17) is 4.74 Å². The molecule has 0 aromatic heterocycles. The van der Waals surface area contributed by atoms with Crippen molar-refractivity contribution in [3.05, 3.63) is 41.1 Å². The second-order valence-corrected chi connectivity index (χ2v) is 4.31. The van der Waals surface area contributed by atoms with Crippen LogP contribution in [0.4, 0.5) is 4.39 Å². The predicted molar refractivity (Wildman–Crippen MR) is 67.3 cm³/mol. The van der Waals surface area contributed by atoms with Gasteiger partial charge in [-0.2, -0.15) is 0 Å². The molecule has 0 bridgehead atoms. The molecule has 1 unspecified atom stereocenters. The highest BCUT2D eigenvalue weighted by atomic mass is 79.9. The number of rotatable bonds is 6. The Morgan fingerprint density at radius 1 is 1.62 bits per heavy atom. The van der Waals surface area contributed by atoms with Gasteiger partial charge in [-0.25, -0.2) is 4.39 Å². The van der Waals surface area contributed by atoms with E-state index in [9.17, 15) is 4.39 Å². The van der Waals surface area contributed by atoms with Gasteiger partial charge < -0.3 is 10.1 Å². The molecule has 0 radical (unpaired) electrons. The van der Waals surface area contributed by atoms with Crippen molar-refractivity contribution in [2.24, 2.45) is 0 Å². The van der Waals surface area contributed by atoms with Gasteiger partial charge in [-0.05, 0) is 35.0 Å². The standard InChI is InChI=1S/C12H15BrFNO/c1-3-6-15-8-9(2)16-10-4-5-11(13)12(14)7-10/h3-5,7,9,15H,1,6,8H2,2H3. The zero-order valence-electron chi connectivity index (χ0n) is 9.17. The van der Waals surface area contributed by atoms with Gasteiger partial charge in [-0.3, -0.25) is 0 Å². The molecule has 4 heteroatoms. The zero-order valence-corrected chi connectivity index (χ0v) is 10.8. The summed E-state index contributed by atoms with van der Waals surface area (Å²) >= 11 is 3.09. The van der Waals surface area contributed by atoms with Crippen molar-refractivity contribution in [2.45, 2.75) is 13.0 Å². The smallest absolute Gasteiger partial charge is 0.141 e. The summed E-state index contributed by atoms with van der Waals surface area (Å²) in [6.45, 7) is 6.97. The van der Waals surface area contributed by atoms with Crippen molar-refractivity contribution in [3.8, 4) is 5.75 Å². The SMILES string of the molecule is C=CCNCC(C)Oc1ccc(Br)c(F)c1. The van der Waals surface area contributed by atoms with E-state index >= 15 is 0 Å². The van der Waals surface area contributed by atoms with Crippen LogP contribution in [0.1, 0.15) is 6.92 Å². The third-order valence-electron chi connectivity index (χ3n) is 1.95. The van der Waals surface area contributed by atoms with Gasteiger partial charge in [0.2, 0.25) is 0 Å². The van der Waals surface area contributed by atoms with Crippen LogP contribution in [0, 0.1) is 5.82 Å². The number of hydrogen-bond acceptors (Lipinski definition) is 2. The summed E-state index contributed by atoms with van der Waals surface area (Å²) in [4.78, 5) is 0. The summed E-state index contributed by atoms with van der Waals surface area (Å²) in [5.74, 6) is 0.220. The van der Waals surface area contributed by atoms with Crippen molar-refractivity contribution in [3.63, 3.8) is 0 Å². The number of ether oxygens (including phenoxy) is 1. The maximum absolute atomic E-state index is 13.2. The van der Waals surface area contributed by atoms with E-state index in [-0.39, 0.29) is 11.9 Å². The summed E-state index contributed by atoms with van der Waals surface area (Å²) in [5.41, 5.74) is 0. The maximum atomic E-state index is 13.2. The Labute approximate surface area is 104 Å². The number of hydrogen-bond donors (Lipinski definition) is 1. The van der Waals surface area contributed by atoms with E-state index in [2.05, 4.69) is 27.8 Å². The fourth-order valence-electron chi connectivity index (χ4n) is 1.21. The third kappa shape index (κ3) is 4.33. The van der Waals surface area contributed by atoms with Gasteiger partial charge in [-0.15, -0.1) is 6.58 Å². The van der Waals surface area contributed by atoms with Crippen LogP contribution < -0.4 is 10.1 Å². The van der Waals surface area contributed by atoms with Gasteiger partial charge in [0.1, 0.15) is 17.7 Å². The number of halogens is 2. The number of nitrogens with one attached hydrogen (secondary N) is 1. The first-order chi connectivity index (χ1) is 7.63. The molecule has 16 heavy (non-hydrogen) atoms. The Morgan fingerprint density at radius 2 is 2.38 bits per heavy atom. The average molecular weight is 288 g/mol. The lowest BCUT2D eigenvalue weighted by atomic mass is 10.3. The summed E-state index contributed by atoms with van der Waals surface area (Å²) in [6.07, 6.45) is 1.77. The largest absolute Gasteiger partial charge is 0.489 e. The van der Waals surface area contributed by atoms with Gasteiger partial charge in [0.15, 0.2) is 0 Å². The highest BCUT2D eigenvalue weighted by molar-refractivity contribution is 9.10. The van der Waals surface area contributed by atoms with E-state index in [0.717, 1.165) is 6.54 Å². The second-order valence-electron chi connectivity index (χ2n) is 3.45. The van der Waals surface area contributed by atoms with Crippen LogP contribution in [0.2, 0.25) is 0 Å². The minimum atomic E-state index is -0.316. The van der Waals surface area contributed by atoms with Crippen LogP contribution in [0.15, 0.2) is 35.3 Å². The van der Waals surface area contributed by atoms with Crippen LogP contribution in [-0.4, -0.2) is 19.2 Å². The monoisotopic (exact) mass is 287 g/mol. The first-order valence-electron chi connectivity index (χ1n) is 5.07. The van der Waals surface area contributed by atoms with Crippen LogP contribution in [-0.2, 0) is 0 Å². The van der Waals surface area contributed by atoms with Crippen LogP contribution in [0.25, 0.3) is 0 Å². The molecule has 0 saturated carbocycles. The summed E-state index contributed by atoms with van der Waals surface area (Å²) in [7, 11) is 0. The average Bonchev–Trinajstić information content (AvgIpc) is 2.24. The van der Waals surface area contributed by atoms with Gasteiger partial charge in [0.05, 0.1) is 4.47 Å². The molecule has 0 aliphatic heterocycles. The molecule has 1 N–H and O–H groups in total. The third-order valence-corrected chi connectivity index (χ3v) is 2.59. The Bertz CT molecular complexity index is 357.